The van der Waals surface area contributed by atoms with Crippen molar-refractivity contribution in [2.45, 2.75) is 57.2 Å². The van der Waals surface area contributed by atoms with Crippen molar-refractivity contribution in [3.05, 3.63) is 54.1 Å². The minimum Gasteiger partial charge on any atom is -0.488 e. The third kappa shape index (κ3) is 7.38. The lowest BCUT2D eigenvalue weighted by atomic mass is 10.0. The Labute approximate surface area is 225 Å². The van der Waals surface area contributed by atoms with Crippen molar-refractivity contribution < 1.29 is 27.9 Å². The van der Waals surface area contributed by atoms with Gasteiger partial charge in [0.05, 0.1) is 30.5 Å². The number of rotatable bonds is 8. The lowest BCUT2D eigenvalue weighted by Gasteiger charge is -2.34. The number of fused-ring (bicyclic) bond motifs is 1. The largest absolute Gasteiger partial charge is 0.488 e. The molecule has 0 aliphatic carbocycles. The van der Waals surface area contributed by atoms with Gasteiger partial charge in [0.15, 0.2) is 0 Å². The van der Waals surface area contributed by atoms with E-state index in [-0.39, 0.29) is 48.4 Å². The first-order valence-corrected chi connectivity index (χ1v) is 14.2. The second kappa shape index (κ2) is 12.5. The lowest BCUT2D eigenvalue weighted by Crippen LogP contribution is -2.49. The highest BCUT2D eigenvalue weighted by Gasteiger charge is 2.32. The first kappa shape index (κ1) is 29.2. The van der Waals surface area contributed by atoms with E-state index >= 15 is 0 Å². The Morgan fingerprint density at radius 3 is 2.50 bits per heavy atom. The number of urea groups is 1. The van der Waals surface area contributed by atoms with E-state index in [4.69, 9.17) is 4.74 Å². The van der Waals surface area contributed by atoms with Gasteiger partial charge in [-0.1, -0.05) is 25.1 Å². The average Bonchev–Trinajstić information content (AvgIpc) is 2.91. The summed E-state index contributed by atoms with van der Waals surface area (Å²) in [6, 6.07) is 12.2. The molecule has 0 spiro atoms. The van der Waals surface area contributed by atoms with E-state index in [0.29, 0.717) is 23.5 Å². The van der Waals surface area contributed by atoms with Gasteiger partial charge in [-0.25, -0.2) is 13.2 Å². The predicted octanol–water partition coefficient (Wildman–Crippen LogP) is 2.69. The molecule has 0 radical (unpaired) electrons. The number of aliphatic hydroxyl groups excluding tert-OH is 1. The Bertz CT molecular complexity index is 1220. The molecule has 1 aliphatic rings. The Morgan fingerprint density at radius 2 is 1.87 bits per heavy atom. The number of anilines is 1. The van der Waals surface area contributed by atoms with E-state index in [2.05, 4.69) is 10.0 Å². The molecule has 3 atom stereocenters. The zero-order valence-corrected chi connectivity index (χ0v) is 23.4. The Hall–Kier alpha value is -3.31. The van der Waals surface area contributed by atoms with E-state index < -0.39 is 22.2 Å². The van der Waals surface area contributed by atoms with Crippen LogP contribution in [0.4, 0.5) is 10.5 Å². The van der Waals surface area contributed by atoms with Gasteiger partial charge < -0.3 is 25.0 Å². The van der Waals surface area contributed by atoms with E-state index in [1.807, 2.05) is 20.8 Å². The van der Waals surface area contributed by atoms with Crippen LogP contribution in [0.2, 0.25) is 0 Å². The fraction of sp³-hybridized carbons (Fsp3) is 0.481. The van der Waals surface area contributed by atoms with Gasteiger partial charge in [-0.2, -0.15) is 0 Å². The number of aliphatic hydroxyl groups is 1. The van der Waals surface area contributed by atoms with Crippen LogP contribution < -0.4 is 14.8 Å². The zero-order valence-electron chi connectivity index (χ0n) is 22.5. The number of ether oxygens (including phenoxy) is 1. The summed E-state index contributed by atoms with van der Waals surface area (Å²) in [6.07, 6.45) is -0.508. The quantitative estimate of drug-likeness (QED) is 0.467. The number of amides is 3. The Morgan fingerprint density at radius 1 is 1.18 bits per heavy atom. The molecule has 0 saturated carbocycles. The molecular formula is C27H38N4O6S. The Balaban J connectivity index is 1.95. The van der Waals surface area contributed by atoms with E-state index in [9.17, 15) is 23.1 Å². The molecule has 3 amide bonds. The van der Waals surface area contributed by atoms with Crippen molar-refractivity contribution >= 4 is 27.6 Å². The highest BCUT2D eigenvalue weighted by Crippen LogP contribution is 2.30. The maximum Gasteiger partial charge on any atom is 0.317 e. The fourth-order valence-corrected chi connectivity index (χ4v) is 5.31. The van der Waals surface area contributed by atoms with E-state index in [0.717, 1.165) is 0 Å². The summed E-state index contributed by atoms with van der Waals surface area (Å²) in [4.78, 5) is 29.2. The van der Waals surface area contributed by atoms with Gasteiger partial charge in [0, 0.05) is 36.8 Å². The maximum atomic E-state index is 13.4. The van der Waals surface area contributed by atoms with Crippen LogP contribution in [0, 0.1) is 5.92 Å². The van der Waals surface area contributed by atoms with Gasteiger partial charge in [0.2, 0.25) is 5.91 Å². The minimum atomic E-state index is -3.83. The number of likely N-dealkylation sites (N-methyl/N-ethyl adjacent to an activating group) is 1. The molecule has 38 heavy (non-hydrogen) atoms. The molecule has 0 aromatic heterocycles. The lowest BCUT2D eigenvalue weighted by molar-refractivity contribution is -0.134. The number of nitrogens with zero attached hydrogens (tertiary/aromatic N) is 2. The van der Waals surface area contributed by atoms with Crippen LogP contribution in [0.1, 0.15) is 33.3 Å². The molecule has 3 rings (SSSR count). The standard InChI is InChI=1S/C27H38N4O6S/c1-18(2)28-27(34)30(5)16-25-19(3)15-31(20(4)17-32)26(33)14-21-13-22(11-12-24(21)37-25)29-38(35,36)23-9-7-6-8-10-23/h6-13,18-20,25,29,32H,14-17H2,1-5H3,(H,28,34)/t19-,20-,25-/m0/s1. The average molecular weight is 547 g/mol. The van der Waals surface area contributed by atoms with Crippen LogP contribution in [0.15, 0.2) is 53.4 Å². The molecule has 2 aromatic carbocycles. The van der Waals surface area contributed by atoms with E-state index in [1.165, 1.54) is 12.1 Å². The predicted molar refractivity (Wildman–Crippen MR) is 146 cm³/mol. The van der Waals surface area contributed by atoms with Crippen molar-refractivity contribution in [2.75, 3.05) is 31.5 Å². The Kier molecular flexibility index (Phi) is 9.61. The summed E-state index contributed by atoms with van der Waals surface area (Å²) < 4.78 is 34.7. The normalized spacial score (nSPS) is 18.9. The molecule has 10 nitrogen and oxygen atoms in total. The van der Waals surface area contributed by atoms with Crippen molar-refractivity contribution in [3.8, 4) is 5.75 Å². The number of benzene rings is 2. The van der Waals surface area contributed by atoms with Gasteiger partial charge in [-0.05, 0) is 51.1 Å². The zero-order chi connectivity index (χ0) is 28.0. The molecule has 1 heterocycles. The fourth-order valence-electron chi connectivity index (χ4n) is 4.23. The van der Waals surface area contributed by atoms with Gasteiger partial charge in [-0.3, -0.25) is 9.52 Å². The second-order valence-corrected chi connectivity index (χ2v) is 11.8. The molecule has 0 bridgehead atoms. The highest BCUT2D eigenvalue weighted by atomic mass is 32.2. The molecule has 11 heteroatoms. The van der Waals surface area contributed by atoms with Gasteiger partial charge in [-0.15, -0.1) is 0 Å². The van der Waals surface area contributed by atoms with Gasteiger partial charge in [0.1, 0.15) is 11.9 Å². The maximum absolute atomic E-state index is 13.4. The summed E-state index contributed by atoms with van der Waals surface area (Å²) in [6.45, 7) is 7.85. The number of nitrogens with one attached hydrogen (secondary N) is 2. The van der Waals surface area contributed by atoms with E-state index in [1.54, 1.807) is 60.2 Å². The minimum absolute atomic E-state index is 0.0267. The summed E-state index contributed by atoms with van der Waals surface area (Å²) in [5.41, 5.74) is 0.801. The SMILES string of the molecule is CC(C)NC(=O)N(C)C[C@@H]1Oc2ccc(NS(=O)(=O)c3ccccc3)cc2CC(=O)N([C@@H](C)CO)C[C@@H]1C. The van der Waals surface area contributed by atoms with Crippen LogP contribution >= 0.6 is 0 Å². The molecular weight excluding hydrogens is 508 g/mol. The molecule has 0 saturated heterocycles. The number of hydrogen-bond donors (Lipinski definition) is 3. The number of sulfonamides is 1. The number of hydrogen-bond acceptors (Lipinski definition) is 6. The summed E-state index contributed by atoms with van der Waals surface area (Å²) >= 11 is 0. The molecule has 1 aliphatic heterocycles. The second-order valence-electron chi connectivity index (χ2n) is 10.1. The third-order valence-corrected chi connectivity index (χ3v) is 7.83. The summed E-state index contributed by atoms with van der Waals surface area (Å²) in [5, 5.41) is 12.7. The van der Waals surface area contributed by atoms with Crippen LogP contribution in [-0.4, -0.2) is 80.2 Å². The van der Waals surface area contributed by atoms with Crippen molar-refractivity contribution in [3.63, 3.8) is 0 Å². The van der Waals surface area contributed by atoms with Crippen LogP contribution in [0.25, 0.3) is 0 Å². The van der Waals surface area contributed by atoms with Crippen LogP contribution in [0.5, 0.6) is 5.75 Å². The first-order valence-electron chi connectivity index (χ1n) is 12.7. The van der Waals surface area contributed by atoms with Crippen molar-refractivity contribution in [2.24, 2.45) is 5.92 Å². The number of carbonyl (C=O) groups excluding carboxylic acids is 2. The van der Waals surface area contributed by atoms with Crippen LogP contribution in [-0.2, 0) is 21.2 Å². The summed E-state index contributed by atoms with van der Waals surface area (Å²) in [5.74, 6) is 0.0522. The third-order valence-electron chi connectivity index (χ3n) is 6.43. The number of carbonyl (C=O) groups is 2. The topological polar surface area (TPSA) is 128 Å². The molecule has 208 valence electrons. The molecule has 3 N–H and O–H groups in total. The van der Waals surface area contributed by atoms with Crippen LogP contribution in [0.3, 0.4) is 0 Å². The highest BCUT2D eigenvalue weighted by molar-refractivity contribution is 7.92. The first-order chi connectivity index (χ1) is 17.9. The van der Waals surface area contributed by atoms with Gasteiger partial charge >= 0.3 is 6.03 Å². The summed E-state index contributed by atoms with van der Waals surface area (Å²) in [7, 11) is -2.15. The molecule has 2 aromatic rings. The van der Waals surface area contributed by atoms with Gasteiger partial charge in [0.25, 0.3) is 10.0 Å². The monoisotopic (exact) mass is 546 g/mol. The van der Waals surface area contributed by atoms with Crippen molar-refractivity contribution in [1.29, 1.82) is 0 Å². The van der Waals surface area contributed by atoms with Crippen molar-refractivity contribution in [1.82, 2.24) is 15.1 Å². The smallest absolute Gasteiger partial charge is 0.317 e. The molecule has 0 fully saturated rings. The molecule has 0 unspecified atom stereocenters.